The van der Waals surface area contributed by atoms with Gasteiger partial charge in [-0.3, -0.25) is 11.3 Å². The Labute approximate surface area is 121 Å². The van der Waals surface area contributed by atoms with Gasteiger partial charge >= 0.3 is 6.18 Å². The van der Waals surface area contributed by atoms with Gasteiger partial charge in [-0.15, -0.1) is 0 Å². The number of nitrogens with two attached hydrogens (primary N) is 1. The number of nitrogens with one attached hydrogen (secondary N) is 1. The third-order valence-electron chi connectivity index (χ3n) is 3.49. The number of alkyl halides is 3. The fraction of sp³-hybridized carbons (Fsp3) is 0.571. The van der Waals surface area contributed by atoms with Gasteiger partial charge in [0.1, 0.15) is 5.82 Å². The highest BCUT2D eigenvalue weighted by Gasteiger charge is 2.32. The highest BCUT2D eigenvalue weighted by molar-refractivity contribution is 5.29. The molecule has 0 aliphatic heterocycles. The lowest BCUT2D eigenvalue weighted by Crippen LogP contribution is -2.32. The maximum atomic E-state index is 13.8. The highest BCUT2D eigenvalue weighted by Crippen LogP contribution is 2.33. The second-order valence-electron chi connectivity index (χ2n) is 5.46. The van der Waals surface area contributed by atoms with E-state index in [9.17, 15) is 17.6 Å². The van der Waals surface area contributed by atoms with Crippen LogP contribution in [0.2, 0.25) is 0 Å². The number of benzene rings is 1. The monoisotopic (exact) mass is 308 g/mol. The van der Waals surface area contributed by atoms with Crippen LogP contribution in [0.25, 0.3) is 0 Å². The Kier molecular flexibility index (Phi) is 5.72. The number of methoxy groups -OCH3 is 1. The van der Waals surface area contributed by atoms with Crippen molar-refractivity contribution >= 4 is 0 Å². The third-order valence-corrected chi connectivity index (χ3v) is 3.49. The van der Waals surface area contributed by atoms with Crippen LogP contribution in [0.4, 0.5) is 17.6 Å². The largest absolute Gasteiger partial charge is 0.416 e. The number of halogens is 4. The van der Waals surface area contributed by atoms with Gasteiger partial charge in [0.25, 0.3) is 0 Å². The minimum atomic E-state index is -4.52. The Bertz CT molecular complexity index is 475. The van der Waals surface area contributed by atoms with E-state index >= 15 is 0 Å². The fourth-order valence-electron chi connectivity index (χ4n) is 1.91. The minimum absolute atomic E-state index is 0.0979. The predicted molar refractivity (Wildman–Crippen MR) is 71.8 cm³/mol. The SMILES string of the molecule is COC(C)(C)CCC(NN)c1cc(C(F)(F)F)ccc1F. The summed E-state index contributed by atoms with van der Waals surface area (Å²) >= 11 is 0. The van der Waals surface area contributed by atoms with Gasteiger partial charge in [0, 0.05) is 18.7 Å². The molecule has 1 aromatic carbocycles. The summed E-state index contributed by atoms with van der Waals surface area (Å²) in [6.07, 6.45) is -3.67. The van der Waals surface area contributed by atoms with Crippen LogP contribution in [-0.2, 0) is 10.9 Å². The zero-order valence-corrected chi connectivity index (χ0v) is 12.2. The number of hydrogen-bond acceptors (Lipinski definition) is 3. The lowest BCUT2D eigenvalue weighted by Gasteiger charge is -2.26. The van der Waals surface area contributed by atoms with Crippen molar-refractivity contribution in [3.63, 3.8) is 0 Å². The average molecular weight is 308 g/mol. The smallest absolute Gasteiger partial charge is 0.379 e. The number of hydrazine groups is 1. The van der Waals surface area contributed by atoms with E-state index in [2.05, 4.69) is 5.43 Å². The summed E-state index contributed by atoms with van der Waals surface area (Å²) in [4.78, 5) is 0. The van der Waals surface area contributed by atoms with Crippen LogP contribution >= 0.6 is 0 Å². The summed E-state index contributed by atoms with van der Waals surface area (Å²) in [7, 11) is 1.54. The molecule has 0 saturated carbocycles. The molecule has 0 fully saturated rings. The molecule has 3 nitrogen and oxygen atoms in total. The van der Waals surface area contributed by atoms with Crippen molar-refractivity contribution in [1.82, 2.24) is 5.43 Å². The molecule has 3 N–H and O–H groups in total. The van der Waals surface area contributed by atoms with Gasteiger partial charge in [-0.2, -0.15) is 13.2 Å². The topological polar surface area (TPSA) is 47.3 Å². The molecular formula is C14H20F4N2O. The van der Waals surface area contributed by atoms with Gasteiger partial charge in [-0.25, -0.2) is 4.39 Å². The van der Waals surface area contributed by atoms with Crippen LogP contribution in [0.5, 0.6) is 0 Å². The van der Waals surface area contributed by atoms with E-state index in [0.29, 0.717) is 18.9 Å². The van der Waals surface area contributed by atoms with Gasteiger partial charge in [-0.1, -0.05) is 0 Å². The van der Waals surface area contributed by atoms with E-state index in [1.807, 2.05) is 13.8 Å². The summed E-state index contributed by atoms with van der Waals surface area (Å²) in [5.74, 6) is 4.64. The molecule has 0 amide bonds. The second-order valence-corrected chi connectivity index (χ2v) is 5.46. The van der Waals surface area contributed by atoms with E-state index in [4.69, 9.17) is 10.6 Å². The van der Waals surface area contributed by atoms with Gasteiger partial charge in [0.15, 0.2) is 0 Å². The van der Waals surface area contributed by atoms with Crippen molar-refractivity contribution in [2.24, 2.45) is 5.84 Å². The molecule has 1 aromatic rings. The van der Waals surface area contributed by atoms with Crippen LogP contribution in [0.3, 0.4) is 0 Å². The van der Waals surface area contributed by atoms with E-state index in [0.717, 1.165) is 12.1 Å². The van der Waals surface area contributed by atoms with Crippen molar-refractivity contribution in [1.29, 1.82) is 0 Å². The van der Waals surface area contributed by atoms with Gasteiger partial charge < -0.3 is 4.74 Å². The number of hydrogen-bond donors (Lipinski definition) is 2. The van der Waals surface area contributed by atoms with Crippen molar-refractivity contribution in [2.75, 3.05) is 7.11 Å². The first-order valence-corrected chi connectivity index (χ1v) is 6.48. The first kappa shape index (κ1) is 17.9. The first-order valence-electron chi connectivity index (χ1n) is 6.48. The molecule has 120 valence electrons. The molecular weight excluding hydrogens is 288 g/mol. The molecule has 0 saturated heterocycles. The van der Waals surface area contributed by atoms with Crippen molar-refractivity contribution < 1.29 is 22.3 Å². The normalized spacial score (nSPS) is 14.3. The molecule has 0 aromatic heterocycles. The van der Waals surface area contributed by atoms with Crippen molar-refractivity contribution in [3.8, 4) is 0 Å². The van der Waals surface area contributed by atoms with Crippen LogP contribution in [0.1, 0.15) is 43.9 Å². The van der Waals surface area contributed by atoms with Crippen LogP contribution in [0.15, 0.2) is 18.2 Å². The summed E-state index contributed by atoms with van der Waals surface area (Å²) in [5.41, 5.74) is 0.911. The number of ether oxygens (including phenoxy) is 1. The van der Waals surface area contributed by atoms with Gasteiger partial charge in [0.2, 0.25) is 0 Å². The quantitative estimate of drug-likeness (QED) is 0.480. The molecule has 1 atom stereocenters. The Morgan fingerprint density at radius 1 is 1.29 bits per heavy atom. The average Bonchev–Trinajstić information content (AvgIpc) is 2.40. The lowest BCUT2D eigenvalue weighted by atomic mass is 9.94. The highest BCUT2D eigenvalue weighted by atomic mass is 19.4. The molecule has 0 aliphatic rings. The Morgan fingerprint density at radius 2 is 1.90 bits per heavy atom. The number of rotatable bonds is 6. The van der Waals surface area contributed by atoms with Crippen LogP contribution < -0.4 is 11.3 Å². The lowest BCUT2D eigenvalue weighted by molar-refractivity contribution is -0.137. The maximum absolute atomic E-state index is 13.8. The van der Waals surface area contributed by atoms with Crippen molar-refractivity contribution in [2.45, 2.75) is 44.5 Å². The molecule has 1 rings (SSSR count). The van der Waals surface area contributed by atoms with E-state index in [-0.39, 0.29) is 5.56 Å². The zero-order chi connectivity index (χ0) is 16.3. The fourth-order valence-corrected chi connectivity index (χ4v) is 1.91. The second kappa shape index (κ2) is 6.72. The molecule has 1 unspecified atom stereocenters. The molecule has 0 bridgehead atoms. The van der Waals surface area contributed by atoms with Gasteiger partial charge in [-0.05, 0) is 44.9 Å². The summed E-state index contributed by atoms with van der Waals surface area (Å²) in [5, 5.41) is 0. The zero-order valence-electron chi connectivity index (χ0n) is 12.2. The summed E-state index contributed by atoms with van der Waals surface area (Å²) in [6, 6.07) is 1.59. The Hall–Kier alpha value is -1.18. The van der Waals surface area contributed by atoms with Crippen LogP contribution in [0, 0.1) is 5.82 Å². The molecule has 0 aliphatic carbocycles. The van der Waals surface area contributed by atoms with E-state index < -0.39 is 29.2 Å². The standard InChI is InChI=1S/C14H20F4N2O/c1-13(2,21-3)7-6-12(20-19)10-8-9(14(16,17)18)4-5-11(10)15/h4-5,8,12,20H,6-7,19H2,1-3H3. The van der Waals surface area contributed by atoms with Crippen LogP contribution in [-0.4, -0.2) is 12.7 Å². The summed E-state index contributed by atoms with van der Waals surface area (Å²) < 4.78 is 57.1. The van der Waals surface area contributed by atoms with Gasteiger partial charge in [0.05, 0.1) is 11.2 Å². The summed E-state index contributed by atoms with van der Waals surface area (Å²) in [6.45, 7) is 3.67. The maximum Gasteiger partial charge on any atom is 0.416 e. The molecule has 0 spiro atoms. The van der Waals surface area contributed by atoms with E-state index in [1.165, 1.54) is 7.11 Å². The van der Waals surface area contributed by atoms with E-state index in [1.54, 1.807) is 0 Å². The Morgan fingerprint density at radius 3 is 2.38 bits per heavy atom. The first-order chi connectivity index (χ1) is 9.60. The molecule has 0 radical (unpaired) electrons. The molecule has 21 heavy (non-hydrogen) atoms. The Balaban J connectivity index is 3.00. The third kappa shape index (κ3) is 4.94. The predicted octanol–water partition coefficient (Wildman–Crippen LogP) is 3.55. The minimum Gasteiger partial charge on any atom is -0.379 e. The molecule has 7 heteroatoms. The van der Waals surface area contributed by atoms with Crippen molar-refractivity contribution in [3.05, 3.63) is 35.1 Å². The molecule has 0 heterocycles.